The Morgan fingerprint density at radius 3 is 2.57 bits per heavy atom. The predicted molar refractivity (Wildman–Crippen MR) is 90.2 cm³/mol. The Hall–Kier alpha value is -2.30. The normalized spacial score (nSPS) is 13.9. The molecule has 124 valence electrons. The molecule has 0 aliphatic rings. The van der Waals surface area contributed by atoms with Gasteiger partial charge in [0.1, 0.15) is 6.04 Å². The molecule has 1 amide bonds. The van der Waals surface area contributed by atoms with Crippen LogP contribution >= 0.6 is 0 Å². The van der Waals surface area contributed by atoms with Crippen LogP contribution in [0, 0.1) is 11.8 Å². The maximum atomic E-state index is 12.1. The van der Waals surface area contributed by atoms with Gasteiger partial charge in [-0.05, 0) is 23.5 Å². The average molecular weight is 316 g/mol. The number of para-hydroxylation sites is 1. The van der Waals surface area contributed by atoms with Crippen molar-refractivity contribution in [2.24, 2.45) is 11.8 Å². The zero-order valence-corrected chi connectivity index (χ0v) is 13.8. The number of amides is 1. The van der Waals surface area contributed by atoms with Crippen LogP contribution in [-0.2, 0) is 16.0 Å². The van der Waals surface area contributed by atoms with E-state index in [2.05, 4.69) is 24.1 Å². The van der Waals surface area contributed by atoms with Crippen molar-refractivity contribution in [3.63, 3.8) is 0 Å². The van der Waals surface area contributed by atoms with Gasteiger partial charge in [0, 0.05) is 29.9 Å². The second-order valence-corrected chi connectivity index (χ2v) is 6.45. The van der Waals surface area contributed by atoms with Gasteiger partial charge in [-0.1, -0.05) is 39.0 Å². The topological polar surface area (TPSA) is 82.2 Å². The molecule has 0 bridgehead atoms. The molecular formula is C18H24N2O3. The van der Waals surface area contributed by atoms with Crippen LogP contribution < -0.4 is 5.32 Å². The number of hydrogen-bond acceptors (Lipinski definition) is 2. The zero-order valence-electron chi connectivity index (χ0n) is 13.8. The van der Waals surface area contributed by atoms with Crippen LogP contribution in [0.2, 0.25) is 0 Å². The summed E-state index contributed by atoms with van der Waals surface area (Å²) in [5.41, 5.74) is 1.86. The highest BCUT2D eigenvalue weighted by molar-refractivity contribution is 5.86. The van der Waals surface area contributed by atoms with Crippen LogP contribution in [0.4, 0.5) is 0 Å². The number of hydrogen-bond donors (Lipinski definition) is 3. The predicted octanol–water partition coefficient (Wildman–Crippen LogP) is 2.96. The maximum Gasteiger partial charge on any atom is 0.326 e. The van der Waals surface area contributed by atoms with Crippen molar-refractivity contribution in [2.45, 2.75) is 39.7 Å². The minimum absolute atomic E-state index is 0.210. The number of H-pyrrole nitrogens is 1. The molecule has 2 rings (SSSR count). The lowest BCUT2D eigenvalue weighted by atomic mass is 9.94. The Labute approximate surface area is 136 Å². The van der Waals surface area contributed by atoms with Crippen LogP contribution in [0.1, 0.15) is 32.8 Å². The van der Waals surface area contributed by atoms with Gasteiger partial charge in [-0.2, -0.15) is 0 Å². The molecule has 23 heavy (non-hydrogen) atoms. The Bertz CT molecular complexity index is 690. The lowest BCUT2D eigenvalue weighted by Crippen LogP contribution is -2.42. The molecule has 0 aliphatic heterocycles. The Balaban J connectivity index is 2.07. The van der Waals surface area contributed by atoms with E-state index in [0.29, 0.717) is 12.3 Å². The van der Waals surface area contributed by atoms with E-state index in [9.17, 15) is 14.7 Å². The van der Waals surface area contributed by atoms with Gasteiger partial charge in [0.2, 0.25) is 5.91 Å². The van der Waals surface area contributed by atoms with Gasteiger partial charge in [0.05, 0.1) is 0 Å². The van der Waals surface area contributed by atoms with E-state index in [4.69, 9.17) is 0 Å². The number of carboxylic acids is 1. The molecule has 0 fully saturated rings. The summed E-state index contributed by atoms with van der Waals surface area (Å²) in [5, 5.41) is 13.1. The van der Waals surface area contributed by atoms with Gasteiger partial charge in [-0.3, -0.25) is 4.79 Å². The second-order valence-electron chi connectivity index (χ2n) is 6.45. The number of carboxylic acid groups (broad SMARTS) is 1. The first-order chi connectivity index (χ1) is 10.9. The van der Waals surface area contributed by atoms with Crippen LogP contribution in [-0.4, -0.2) is 28.0 Å². The van der Waals surface area contributed by atoms with Crippen LogP contribution in [0.15, 0.2) is 30.5 Å². The molecule has 5 heteroatoms. The van der Waals surface area contributed by atoms with Gasteiger partial charge < -0.3 is 15.4 Å². The first-order valence-corrected chi connectivity index (χ1v) is 7.95. The van der Waals surface area contributed by atoms with Crippen LogP contribution in [0.25, 0.3) is 10.9 Å². The van der Waals surface area contributed by atoms with Crippen molar-refractivity contribution < 1.29 is 14.7 Å². The highest BCUT2D eigenvalue weighted by Gasteiger charge is 2.23. The summed E-state index contributed by atoms with van der Waals surface area (Å²) >= 11 is 0. The number of aliphatic carboxylic acids is 1. The van der Waals surface area contributed by atoms with Gasteiger partial charge >= 0.3 is 5.97 Å². The summed E-state index contributed by atoms with van der Waals surface area (Å²) < 4.78 is 0. The molecule has 1 aromatic heterocycles. The van der Waals surface area contributed by atoms with Gasteiger partial charge in [0.15, 0.2) is 0 Å². The minimum atomic E-state index is -1.01. The summed E-state index contributed by atoms with van der Waals surface area (Å²) in [5.74, 6) is -0.616. The van der Waals surface area contributed by atoms with Crippen LogP contribution in [0.3, 0.4) is 0 Å². The third-order valence-electron chi connectivity index (χ3n) is 4.38. The summed E-state index contributed by atoms with van der Waals surface area (Å²) in [6.07, 6.45) is 2.42. The lowest BCUT2D eigenvalue weighted by molar-refractivity contribution is -0.141. The molecule has 5 nitrogen and oxygen atoms in total. The Morgan fingerprint density at radius 1 is 1.22 bits per heavy atom. The van der Waals surface area contributed by atoms with E-state index in [1.54, 1.807) is 0 Å². The molecule has 0 spiro atoms. The molecule has 3 N–H and O–H groups in total. The first kappa shape index (κ1) is 17.1. The van der Waals surface area contributed by atoms with Crippen molar-refractivity contribution in [1.29, 1.82) is 0 Å². The van der Waals surface area contributed by atoms with Crippen LogP contribution in [0.5, 0.6) is 0 Å². The summed E-state index contributed by atoms with van der Waals surface area (Å²) in [6.45, 7) is 6.11. The minimum Gasteiger partial charge on any atom is -0.480 e. The molecule has 0 aliphatic carbocycles. The monoisotopic (exact) mass is 316 g/mol. The van der Waals surface area contributed by atoms with E-state index >= 15 is 0 Å². The standard InChI is InChI=1S/C18H24N2O3/c1-11(2)12(3)8-17(21)20-16(18(22)23)9-13-10-19-15-7-5-4-6-14(13)15/h4-7,10-12,16,19H,8-9H2,1-3H3,(H,20,21)(H,22,23). The molecule has 0 saturated heterocycles. The highest BCUT2D eigenvalue weighted by atomic mass is 16.4. The number of aromatic nitrogens is 1. The van der Waals surface area contributed by atoms with Gasteiger partial charge in [-0.25, -0.2) is 4.79 Å². The Morgan fingerprint density at radius 2 is 1.91 bits per heavy atom. The molecular weight excluding hydrogens is 292 g/mol. The first-order valence-electron chi connectivity index (χ1n) is 7.95. The fourth-order valence-corrected chi connectivity index (χ4v) is 2.50. The maximum absolute atomic E-state index is 12.1. The summed E-state index contributed by atoms with van der Waals surface area (Å²) in [4.78, 5) is 26.7. The van der Waals surface area contributed by atoms with Gasteiger partial charge in [-0.15, -0.1) is 0 Å². The number of nitrogens with one attached hydrogen (secondary N) is 2. The van der Waals surface area contributed by atoms with E-state index in [1.807, 2.05) is 37.4 Å². The van der Waals surface area contributed by atoms with Crippen molar-refractivity contribution in [3.05, 3.63) is 36.0 Å². The number of aromatic amines is 1. The van der Waals surface area contributed by atoms with E-state index in [-0.39, 0.29) is 18.2 Å². The molecule has 2 aromatic rings. The number of benzene rings is 1. The van der Waals surface area contributed by atoms with Crippen molar-refractivity contribution in [2.75, 3.05) is 0 Å². The smallest absolute Gasteiger partial charge is 0.326 e. The van der Waals surface area contributed by atoms with E-state index < -0.39 is 12.0 Å². The van der Waals surface area contributed by atoms with Crippen molar-refractivity contribution in [1.82, 2.24) is 10.3 Å². The summed E-state index contributed by atoms with van der Waals surface area (Å²) in [7, 11) is 0. The van der Waals surface area contributed by atoms with Crippen molar-refractivity contribution >= 4 is 22.8 Å². The van der Waals surface area contributed by atoms with E-state index in [0.717, 1.165) is 16.5 Å². The average Bonchev–Trinajstić information content (AvgIpc) is 2.89. The highest BCUT2D eigenvalue weighted by Crippen LogP contribution is 2.19. The van der Waals surface area contributed by atoms with Gasteiger partial charge in [0.25, 0.3) is 0 Å². The number of fused-ring (bicyclic) bond motifs is 1. The number of rotatable bonds is 7. The molecule has 1 heterocycles. The second kappa shape index (κ2) is 7.31. The lowest BCUT2D eigenvalue weighted by Gasteiger charge is -2.18. The quantitative estimate of drug-likeness (QED) is 0.734. The SMILES string of the molecule is CC(C)C(C)CC(=O)NC(Cc1c[nH]c2ccccc12)C(=O)O. The van der Waals surface area contributed by atoms with Crippen molar-refractivity contribution in [3.8, 4) is 0 Å². The van der Waals surface area contributed by atoms with E-state index in [1.165, 1.54) is 0 Å². The third-order valence-corrected chi connectivity index (χ3v) is 4.38. The fourth-order valence-electron chi connectivity index (χ4n) is 2.50. The summed E-state index contributed by atoms with van der Waals surface area (Å²) in [6, 6.07) is 6.81. The Kier molecular flexibility index (Phi) is 5.42. The molecule has 2 unspecified atom stereocenters. The zero-order chi connectivity index (χ0) is 17.0. The molecule has 0 saturated carbocycles. The number of carbonyl (C=O) groups is 2. The largest absolute Gasteiger partial charge is 0.480 e. The molecule has 1 aromatic carbocycles. The number of carbonyl (C=O) groups excluding carboxylic acids is 1. The molecule has 2 atom stereocenters. The third kappa shape index (κ3) is 4.34. The molecule has 0 radical (unpaired) electrons. The fraction of sp³-hybridized carbons (Fsp3) is 0.444.